The second-order valence-electron chi connectivity index (χ2n) is 8.50. The zero-order chi connectivity index (χ0) is 19.1. The van der Waals surface area contributed by atoms with Gasteiger partial charge in [-0.1, -0.05) is 26.7 Å². The van der Waals surface area contributed by atoms with Crippen molar-refractivity contribution in [1.29, 1.82) is 0 Å². The minimum atomic E-state index is -0.972. The van der Waals surface area contributed by atoms with Crippen LogP contribution in [0.3, 0.4) is 0 Å². The first-order valence-corrected chi connectivity index (χ1v) is 10.2. The summed E-state index contributed by atoms with van der Waals surface area (Å²) in [5.41, 5.74) is 0. The average molecular weight is 367 g/mol. The average Bonchev–Trinajstić information content (AvgIpc) is 3.07. The van der Waals surface area contributed by atoms with E-state index in [1.54, 1.807) is 0 Å². The Hall–Kier alpha value is -1.59. The van der Waals surface area contributed by atoms with E-state index in [0.717, 1.165) is 12.8 Å². The molecule has 0 aromatic rings. The normalized spacial score (nSPS) is 25.0. The number of carbonyl (C=O) groups is 3. The first-order valence-electron chi connectivity index (χ1n) is 10.2. The molecule has 2 aliphatic carbocycles. The smallest absolute Gasteiger partial charge is 0.326 e. The van der Waals surface area contributed by atoms with Crippen LogP contribution in [0.15, 0.2) is 0 Å². The Morgan fingerprint density at radius 3 is 2.15 bits per heavy atom. The topological polar surface area (TPSA) is 95.5 Å². The molecule has 0 aromatic heterocycles. The van der Waals surface area contributed by atoms with Crippen molar-refractivity contribution in [2.24, 2.45) is 17.8 Å². The number of nitrogens with one attached hydrogen (secondary N) is 2. The SMILES string of the molecule is CC(C)C[C@@H](NC(=O)C1CCC(NC(=O)CC2CCCC2)CC1)C(=O)O. The molecule has 148 valence electrons. The summed E-state index contributed by atoms with van der Waals surface area (Å²) in [4.78, 5) is 35.8. The Bertz CT molecular complexity index is 492. The third kappa shape index (κ3) is 6.61. The third-order valence-corrected chi connectivity index (χ3v) is 5.73. The summed E-state index contributed by atoms with van der Waals surface area (Å²) in [5, 5.41) is 15.1. The van der Waals surface area contributed by atoms with Crippen LogP contribution in [0.1, 0.15) is 78.1 Å². The molecule has 2 fully saturated rings. The molecule has 0 radical (unpaired) electrons. The van der Waals surface area contributed by atoms with Crippen LogP contribution in [-0.4, -0.2) is 35.0 Å². The molecule has 2 rings (SSSR count). The number of carboxylic acid groups (broad SMARTS) is 1. The van der Waals surface area contributed by atoms with E-state index in [1.165, 1.54) is 25.7 Å². The molecule has 26 heavy (non-hydrogen) atoms. The summed E-state index contributed by atoms with van der Waals surface area (Å²) in [7, 11) is 0. The Balaban J connectivity index is 1.71. The molecule has 2 aliphatic rings. The van der Waals surface area contributed by atoms with Gasteiger partial charge in [0.2, 0.25) is 11.8 Å². The molecule has 6 nitrogen and oxygen atoms in total. The highest BCUT2D eigenvalue weighted by Gasteiger charge is 2.30. The van der Waals surface area contributed by atoms with E-state index in [2.05, 4.69) is 10.6 Å². The summed E-state index contributed by atoms with van der Waals surface area (Å²) >= 11 is 0. The lowest BCUT2D eigenvalue weighted by molar-refractivity contribution is -0.143. The molecule has 0 unspecified atom stereocenters. The van der Waals surface area contributed by atoms with Crippen molar-refractivity contribution in [3.8, 4) is 0 Å². The summed E-state index contributed by atoms with van der Waals surface area (Å²) in [6, 6.07) is -0.662. The van der Waals surface area contributed by atoms with Gasteiger partial charge >= 0.3 is 5.97 Å². The van der Waals surface area contributed by atoms with E-state index in [0.29, 0.717) is 31.6 Å². The van der Waals surface area contributed by atoms with Crippen molar-refractivity contribution in [2.75, 3.05) is 0 Å². The predicted molar refractivity (Wildman–Crippen MR) is 99.5 cm³/mol. The highest BCUT2D eigenvalue weighted by Crippen LogP contribution is 2.28. The van der Waals surface area contributed by atoms with Crippen LogP contribution in [-0.2, 0) is 14.4 Å². The second-order valence-corrected chi connectivity index (χ2v) is 8.50. The van der Waals surface area contributed by atoms with Gasteiger partial charge in [-0.25, -0.2) is 4.79 Å². The van der Waals surface area contributed by atoms with E-state index in [9.17, 15) is 19.5 Å². The molecule has 0 aliphatic heterocycles. The van der Waals surface area contributed by atoms with E-state index in [-0.39, 0.29) is 29.7 Å². The van der Waals surface area contributed by atoms with Gasteiger partial charge in [-0.15, -0.1) is 0 Å². The number of rotatable bonds is 8. The van der Waals surface area contributed by atoms with Crippen LogP contribution in [0.5, 0.6) is 0 Å². The van der Waals surface area contributed by atoms with E-state index >= 15 is 0 Å². The maximum atomic E-state index is 12.4. The van der Waals surface area contributed by atoms with Gasteiger partial charge in [0.05, 0.1) is 0 Å². The number of carboxylic acids is 1. The summed E-state index contributed by atoms with van der Waals surface area (Å²) in [5.74, 6) is -0.374. The van der Waals surface area contributed by atoms with E-state index in [1.807, 2.05) is 13.8 Å². The molecule has 0 bridgehead atoms. The zero-order valence-corrected chi connectivity index (χ0v) is 16.1. The quantitative estimate of drug-likeness (QED) is 0.615. The number of carbonyl (C=O) groups excluding carboxylic acids is 2. The standard InChI is InChI=1S/C20H34N2O4/c1-13(2)11-17(20(25)26)22-19(24)15-7-9-16(10-8-15)21-18(23)12-14-5-3-4-6-14/h13-17H,3-12H2,1-2H3,(H,21,23)(H,22,24)(H,25,26)/t15?,16?,17-/m1/s1. The van der Waals surface area contributed by atoms with Gasteiger partial charge in [-0.05, 0) is 56.8 Å². The van der Waals surface area contributed by atoms with Crippen LogP contribution in [0, 0.1) is 17.8 Å². The van der Waals surface area contributed by atoms with Crippen molar-refractivity contribution < 1.29 is 19.5 Å². The minimum Gasteiger partial charge on any atom is -0.480 e. The number of hydrogen-bond acceptors (Lipinski definition) is 3. The first-order chi connectivity index (χ1) is 12.3. The minimum absolute atomic E-state index is 0.146. The zero-order valence-electron chi connectivity index (χ0n) is 16.1. The fourth-order valence-corrected chi connectivity index (χ4v) is 4.25. The lowest BCUT2D eigenvalue weighted by atomic mass is 9.85. The lowest BCUT2D eigenvalue weighted by Gasteiger charge is -2.29. The molecule has 1 atom stereocenters. The second kappa shape index (κ2) is 9.93. The van der Waals surface area contributed by atoms with Crippen molar-refractivity contribution in [3.05, 3.63) is 0 Å². The number of aliphatic carboxylic acids is 1. The highest BCUT2D eigenvalue weighted by atomic mass is 16.4. The largest absolute Gasteiger partial charge is 0.480 e. The van der Waals surface area contributed by atoms with Crippen molar-refractivity contribution >= 4 is 17.8 Å². The Morgan fingerprint density at radius 1 is 1.00 bits per heavy atom. The molecule has 0 aromatic carbocycles. The maximum Gasteiger partial charge on any atom is 0.326 e. The fourth-order valence-electron chi connectivity index (χ4n) is 4.25. The first kappa shape index (κ1) is 20.7. The van der Waals surface area contributed by atoms with Gasteiger partial charge < -0.3 is 15.7 Å². The predicted octanol–water partition coefficient (Wildman–Crippen LogP) is 2.86. The molecular weight excluding hydrogens is 332 g/mol. The Kier molecular flexibility index (Phi) is 7.91. The molecular formula is C20H34N2O4. The fraction of sp³-hybridized carbons (Fsp3) is 0.850. The van der Waals surface area contributed by atoms with Crippen LogP contribution >= 0.6 is 0 Å². The van der Waals surface area contributed by atoms with E-state index < -0.39 is 12.0 Å². The van der Waals surface area contributed by atoms with Crippen molar-refractivity contribution in [1.82, 2.24) is 10.6 Å². The molecule has 0 heterocycles. The van der Waals surface area contributed by atoms with Crippen LogP contribution < -0.4 is 10.6 Å². The van der Waals surface area contributed by atoms with Crippen LogP contribution in [0.2, 0.25) is 0 Å². The molecule has 2 saturated carbocycles. The van der Waals surface area contributed by atoms with Gasteiger partial charge in [0.25, 0.3) is 0 Å². The van der Waals surface area contributed by atoms with Gasteiger partial charge in [-0.3, -0.25) is 9.59 Å². The van der Waals surface area contributed by atoms with Crippen molar-refractivity contribution in [3.63, 3.8) is 0 Å². The molecule has 0 saturated heterocycles. The van der Waals surface area contributed by atoms with E-state index in [4.69, 9.17) is 0 Å². The third-order valence-electron chi connectivity index (χ3n) is 5.73. The lowest BCUT2D eigenvalue weighted by Crippen LogP contribution is -2.46. The van der Waals surface area contributed by atoms with Gasteiger partial charge in [0.15, 0.2) is 0 Å². The summed E-state index contributed by atoms with van der Waals surface area (Å²) < 4.78 is 0. The summed E-state index contributed by atoms with van der Waals surface area (Å²) in [6.45, 7) is 3.89. The Morgan fingerprint density at radius 2 is 1.62 bits per heavy atom. The van der Waals surface area contributed by atoms with Crippen LogP contribution in [0.25, 0.3) is 0 Å². The molecule has 2 amide bonds. The number of hydrogen-bond donors (Lipinski definition) is 3. The maximum absolute atomic E-state index is 12.4. The van der Waals surface area contributed by atoms with Gasteiger partial charge in [-0.2, -0.15) is 0 Å². The Labute approximate surface area is 156 Å². The summed E-state index contributed by atoms with van der Waals surface area (Å²) in [6.07, 6.45) is 8.88. The highest BCUT2D eigenvalue weighted by molar-refractivity contribution is 5.85. The molecule has 3 N–H and O–H groups in total. The number of amides is 2. The van der Waals surface area contributed by atoms with Gasteiger partial charge in [0.1, 0.15) is 6.04 Å². The monoisotopic (exact) mass is 366 g/mol. The van der Waals surface area contributed by atoms with Crippen molar-refractivity contribution in [2.45, 2.75) is 90.1 Å². The van der Waals surface area contributed by atoms with Crippen LogP contribution in [0.4, 0.5) is 0 Å². The molecule has 6 heteroatoms. The van der Waals surface area contributed by atoms with Gasteiger partial charge in [0, 0.05) is 18.4 Å². The molecule has 0 spiro atoms.